The Morgan fingerprint density at radius 1 is 1.25 bits per heavy atom. The molecule has 1 saturated carbocycles. The Balaban J connectivity index is 1.37. The molecule has 0 N–H and O–H groups in total. The molecule has 6 rings (SSSR count). The number of imidazole rings is 1. The molecule has 160 valence electrons. The number of rotatable bonds is 5. The molecule has 1 amide bonds. The van der Waals surface area contributed by atoms with Crippen molar-refractivity contribution in [2.24, 2.45) is 13.0 Å². The van der Waals surface area contributed by atoms with Crippen LogP contribution in [0.3, 0.4) is 0 Å². The number of hydrogen-bond acceptors (Lipinski definition) is 5. The van der Waals surface area contributed by atoms with Crippen molar-refractivity contribution >= 4 is 11.6 Å². The third-order valence-corrected chi connectivity index (χ3v) is 6.51. The van der Waals surface area contributed by atoms with Gasteiger partial charge in [-0.25, -0.2) is 9.97 Å². The molecule has 9 heteroatoms. The molecule has 1 saturated heterocycles. The summed E-state index contributed by atoms with van der Waals surface area (Å²) in [4.78, 5) is 23.7. The molecule has 0 radical (unpaired) electrons. The van der Waals surface area contributed by atoms with Crippen LogP contribution in [0.4, 0.5) is 0 Å². The summed E-state index contributed by atoms with van der Waals surface area (Å²) in [6, 6.07) is 6.28. The fourth-order valence-corrected chi connectivity index (χ4v) is 4.57. The maximum absolute atomic E-state index is 12.4. The van der Waals surface area contributed by atoms with Gasteiger partial charge in [-0.15, -0.1) is 0 Å². The molecule has 32 heavy (non-hydrogen) atoms. The van der Waals surface area contributed by atoms with Crippen molar-refractivity contribution in [3.63, 3.8) is 0 Å². The number of aryl methyl sites for hydroxylation is 1. The zero-order chi connectivity index (χ0) is 21.9. The summed E-state index contributed by atoms with van der Waals surface area (Å²) in [5.41, 5.74) is 3.08. The molecular weight excluding hydrogens is 404 g/mol. The first kappa shape index (κ1) is 18.8. The highest BCUT2D eigenvalue weighted by molar-refractivity contribution is 5.82. The average molecular weight is 426 g/mol. The van der Waals surface area contributed by atoms with Crippen LogP contribution in [0.15, 0.2) is 49.3 Å². The maximum atomic E-state index is 12.4. The normalized spacial score (nSPS) is 17.3. The summed E-state index contributed by atoms with van der Waals surface area (Å²) in [7, 11) is 1.88. The number of aromatic nitrogens is 6. The predicted octanol–water partition coefficient (Wildman–Crippen LogP) is 2.46. The van der Waals surface area contributed by atoms with E-state index in [9.17, 15) is 10.1 Å². The molecule has 9 nitrogen and oxygen atoms in total. The van der Waals surface area contributed by atoms with Crippen molar-refractivity contribution < 1.29 is 4.79 Å². The highest BCUT2D eigenvalue weighted by Crippen LogP contribution is 2.39. The Hall–Kier alpha value is -3.93. The van der Waals surface area contributed by atoms with Gasteiger partial charge >= 0.3 is 0 Å². The van der Waals surface area contributed by atoms with Crippen molar-refractivity contribution in [1.29, 1.82) is 5.26 Å². The largest absolute Gasteiger partial charge is 0.343 e. The highest BCUT2D eigenvalue weighted by atomic mass is 16.2. The summed E-state index contributed by atoms with van der Waals surface area (Å²) in [5.74, 6) is 1.20. The molecule has 1 aliphatic carbocycles. The molecule has 0 atom stereocenters. The van der Waals surface area contributed by atoms with Gasteiger partial charge in [-0.1, -0.05) is 0 Å². The third-order valence-electron chi connectivity index (χ3n) is 6.51. The molecular formula is C23H22N8O. The van der Waals surface area contributed by atoms with Crippen LogP contribution in [0, 0.1) is 17.2 Å². The Kier molecular flexibility index (Phi) is 3.99. The summed E-state index contributed by atoms with van der Waals surface area (Å²) >= 11 is 0. The molecule has 0 bridgehead atoms. The Bertz CT molecular complexity index is 1380. The van der Waals surface area contributed by atoms with Crippen molar-refractivity contribution in [1.82, 2.24) is 33.6 Å². The van der Waals surface area contributed by atoms with Gasteiger partial charge in [0.25, 0.3) is 0 Å². The number of nitrogens with zero attached hydrogens (tertiary/aromatic N) is 8. The molecule has 1 aliphatic heterocycles. The molecule has 2 fully saturated rings. The summed E-state index contributed by atoms with van der Waals surface area (Å²) in [6.07, 6.45) is 13.7. The van der Waals surface area contributed by atoms with Crippen molar-refractivity contribution in [3.05, 3.63) is 49.3 Å². The van der Waals surface area contributed by atoms with E-state index in [4.69, 9.17) is 4.98 Å². The van der Waals surface area contributed by atoms with E-state index in [1.165, 1.54) is 0 Å². The third kappa shape index (κ3) is 2.91. The van der Waals surface area contributed by atoms with Crippen LogP contribution in [0.2, 0.25) is 0 Å². The Morgan fingerprint density at radius 2 is 2.09 bits per heavy atom. The topological polar surface area (TPSA) is 97.0 Å². The number of carbonyl (C=O) groups excluding carboxylic acids is 1. The van der Waals surface area contributed by atoms with Crippen molar-refractivity contribution in [2.45, 2.75) is 24.8 Å². The van der Waals surface area contributed by atoms with Gasteiger partial charge in [-0.2, -0.15) is 10.4 Å². The summed E-state index contributed by atoms with van der Waals surface area (Å²) < 4.78 is 5.80. The second-order valence-electron chi connectivity index (χ2n) is 8.86. The van der Waals surface area contributed by atoms with Gasteiger partial charge in [0.1, 0.15) is 11.5 Å². The zero-order valence-corrected chi connectivity index (χ0v) is 17.7. The van der Waals surface area contributed by atoms with E-state index in [0.717, 1.165) is 41.1 Å². The van der Waals surface area contributed by atoms with E-state index in [1.807, 2.05) is 53.3 Å². The van der Waals surface area contributed by atoms with E-state index in [-0.39, 0.29) is 17.4 Å². The first-order valence-corrected chi connectivity index (χ1v) is 10.7. The molecule has 2 aliphatic rings. The highest BCUT2D eigenvalue weighted by Gasteiger charge is 2.49. The van der Waals surface area contributed by atoms with E-state index >= 15 is 0 Å². The van der Waals surface area contributed by atoms with Gasteiger partial charge in [0.05, 0.1) is 29.9 Å². The standard InChI is InChI=1S/C23H22N8O/c1-28-12-18(11-26-28)19-10-20-25-7-9-31(20)21(27-19)17-4-8-30(13-17)23(5-6-24)14-29(15-23)22(32)16-2-3-16/h4,7-13,16H,2-3,5,14-15H2,1H3. The maximum Gasteiger partial charge on any atom is 0.225 e. The van der Waals surface area contributed by atoms with Crippen LogP contribution < -0.4 is 0 Å². The molecule has 4 aromatic heterocycles. The van der Waals surface area contributed by atoms with Gasteiger partial charge in [-0.05, 0) is 18.9 Å². The van der Waals surface area contributed by atoms with E-state index in [2.05, 4.69) is 20.7 Å². The van der Waals surface area contributed by atoms with E-state index in [0.29, 0.717) is 19.5 Å². The number of hydrogen-bond donors (Lipinski definition) is 0. The van der Waals surface area contributed by atoms with Crippen molar-refractivity contribution in [3.8, 4) is 28.7 Å². The molecule has 0 spiro atoms. The first-order valence-electron chi connectivity index (χ1n) is 10.7. The minimum atomic E-state index is -0.382. The lowest BCUT2D eigenvalue weighted by molar-refractivity contribution is -0.143. The Morgan fingerprint density at radius 3 is 2.81 bits per heavy atom. The molecule has 5 heterocycles. The average Bonchev–Trinajstić information content (AvgIpc) is 3.14. The van der Waals surface area contributed by atoms with Crippen LogP contribution in [0.25, 0.3) is 28.3 Å². The quantitative estimate of drug-likeness (QED) is 0.488. The predicted molar refractivity (Wildman–Crippen MR) is 116 cm³/mol. The first-order chi connectivity index (χ1) is 15.6. The summed E-state index contributed by atoms with van der Waals surface area (Å²) in [5, 5.41) is 13.7. The van der Waals surface area contributed by atoms with E-state index < -0.39 is 0 Å². The molecule has 4 aromatic rings. The Labute approximate surface area is 184 Å². The molecule has 0 aromatic carbocycles. The summed E-state index contributed by atoms with van der Waals surface area (Å²) in [6.45, 7) is 1.15. The van der Waals surface area contributed by atoms with Gasteiger partial charge in [0.2, 0.25) is 5.91 Å². The number of fused-ring (bicyclic) bond motifs is 1. The van der Waals surface area contributed by atoms with Gasteiger partial charge < -0.3 is 9.47 Å². The van der Waals surface area contributed by atoms with Gasteiger partial charge in [0, 0.05) is 74.2 Å². The zero-order valence-electron chi connectivity index (χ0n) is 17.7. The molecule has 0 unspecified atom stereocenters. The fourth-order valence-electron chi connectivity index (χ4n) is 4.57. The minimum absolute atomic E-state index is 0.198. The fraction of sp³-hybridized carbons (Fsp3) is 0.348. The van der Waals surface area contributed by atoms with E-state index in [1.54, 1.807) is 17.1 Å². The number of amides is 1. The van der Waals surface area contributed by atoms with Crippen LogP contribution in [0.5, 0.6) is 0 Å². The number of carbonyl (C=O) groups is 1. The van der Waals surface area contributed by atoms with Gasteiger partial charge in [0.15, 0.2) is 0 Å². The second kappa shape index (κ2) is 6.79. The lowest BCUT2D eigenvalue weighted by Crippen LogP contribution is -2.64. The second-order valence-corrected chi connectivity index (χ2v) is 8.86. The van der Waals surface area contributed by atoms with Crippen molar-refractivity contribution in [2.75, 3.05) is 13.1 Å². The van der Waals surface area contributed by atoms with Crippen LogP contribution in [-0.4, -0.2) is 52.6 Å². The number of nitriles is 1. The lowest BCUT2D eigenvalue weighted by atomic mass is 9.86. The van der Waals surface area contributed by atoms with Crippen LogP contribution >= 0.6 is 0 Å². The smallest absolute Gasteiger partial charge is 0.225 e. The van der Waals surface area contributed by atoms with Gasteiger partial charge in [-0.3, -0.25) is 13.9 Å². The van der Waals surface area contributed by atoms with Crippen LogP contribution in [-0.2, 0) is 17.4 Å². The van der Waals surface area contributed by atoms with Crippen LogP contribution in [0.1, 0.15) is 19.3 Å². The monoisotopic (exact) mass is 426 g/mol. The lowest BCUT2D eigenvalue weighted by Gasteiger charge is -2.50. The number of likely N-dealkylation sites (tertiary alicyclic amines) is 1. The minimum Gasteiger partial charge on any atom is -0.343 e. The SMILES string of the molecule is Cn1cc(-c2cc3nccn3c(-c3ccn(C4(CC#N)CN(C(=O)C5CC5)C4)c3)n2)cn1.